The molecule has 6 aliphatic rings. The molecule has 0 aromatic rings. The Morgan fingerprint density at radius 3 is 2.13 bits per heavy atom. The van der Waals surface area contributed by atoms with Crippen LogP contribution in [0.25, 0.3) is 0 Å². The molecule has 46 heavy (non-hydrogen) atoms. The lowest BCUT2D eigenvalue weighted by molar-refractivity contribution is -0.461. The highest BCUT2D eigenvalue weighted by molar-refractivity contribution is 5.87. The van der Waals surface area contributed by atoms with Crippen LogP contribution in [0.2, 0.25) is 0 Å². The van der Waals surface area contributed by atoms with Crippen LogP contribution in [0.5, 0.6) is 0 Å². The van der Waals surface area contributed by atoms with Crippen LogP contribution >= 0.6 is 0 Å². The summed E-state index contributed by atoms with van der Waals surface area (Å²) < 4.78 is 24.2. The van der Waals surface area contributed by atoms with Crippen LogP contribution in [0.15, 0.2) is 12.2 Å². The van der Waals surface area contributed by atoms with E-state index in [0.717, 1.165) is 0 Å². The maximum absolute atomic E-state index is 14.3. The smallest absolute Gasteiger partial charge is 0.410 e. The van der Waals surface area contributed by atoms with Gasteiger partial charge in [0.05, 0.1) is 12.5 Å². The fourth-order valence-corrected chi connectivity index (χ4v) is 10.2. The molecule has 0 aromatic heterocycles. The number of amides is 1. The molecule has 0 radical (unpaired) electrons. The Morgan fingerprint density at radius 1 is 0.957 bits per heavy atom. The van der Waals surface area contributed by atoms with Gasteiger partial charge in [-0.1, -0.05) is 26.0 Å². The second-order valence-corrected chi connectivity index (χ2v) is 16.3. The number of nitrogens with zero attached hydrogens (tertiary/aromatic N) is 1. The molecule has 2 bridgehead atoms. The quantitative estimate of drug-likeness (QED) is 0.253. The van der Waals surface area contributed by atoms with Gasteiger partial charge in [-0.25, -0.2) is 4.79 Å². The summed E-state index contributed by atoms with van der Waals surface area (Å²) in [4.78, 5) is 55.0. The van der Waals surface area contributed by atoms with Crippen LogP contribution in [0.1, 0.15) is 93.9 Å². The van der Waals surface area contributed by atoms with Crippen molar-refractivity contribution in [3.05, 3.63) is 12.2 Å². The van der Waals surface area contributed by atoms with Crippen LogP contribution in [0.4, 0.5) is 4.79 Å². The predicted octanol–water partition coefficient (Wildman–Crippen LogP) is 4.17. The molecule has 3 saturated heterocycles. The number of aliphatic hydroxyl groups is 2. The van der Waals surface area contributed by atoms with Gasteiger partial charge in [-0.05, 0) is 84.5 Å². The zero-order chi connectivity index (χ0) is 34.2. The van der Waals surface area contributed by atoms with Crippen LogP contribution in [-0.2, 0) is 33.3 Å². The molecule has 6 rings (SSSR count). The molecule has 1 spiro atoms. The molecule has 3 aliphatic heterocycles. The van der Waals surface area contributed by atoms with Gasteiger partial charge in [0, 0.05) is 37.3 Å². The van der Waals surface area contributed by atoms with E-state index in [1.165, 1.54) is 13.8 Å². The Balaban J connectivity index is 1.54. The maximum Gasteiger partial charge on any atom is 0.410 e. The topological polar surface area (TPSA) is 149 Å². The SMILES string of the molecule is C=C(C)[C@@H]1CC[C@H]2[C@@]34CO[C@@](O)([C@@H](O)[C@@H]3C(C)(C)CC[C@@H]4OC(C)=O)[C@@]2(C(C)=O)[C@@H]1OC(=O)C1CCN(C(=O)OC(C)(C)C)CC1. The van der Waals surface area contributed by atoms with Crippen LogP contribution in [0, 0.1) is 39.9 Å². The van der Waals surface area contributed by atoms with Crippen molar-refractivity contribution in [3.63, 3.8) is 0 Å². The molecule has 3 heterocycles. The molecule has 258 valence electrons. The van der Waals surface area contributed by atoms with Crippen LogP contribution < -0.4 is 0 Å². The highest BCUT2D eigenvalue weighted by atomic mass is 16.7. The summed E-state index contributed by atoms with van der Waals surface area (Å²) in [7, 11) is 0. The number of hydrogen-bond donors (Lipinski definition) is 2. The summed E-state index contributed by atoms with van der Waals surface area (Å²) in [5.41, 5.74) is -3.29. The maximum atomic E-state index is 14.3. The second kappa shape index (κ2) is 11.6. The lowest BCUT2D eigenvalue weighted by Gasteiger charge is -2.76. The molecule has 6 fully saturated rings. The number of rotatable bonds is 5. The minimum absolute atomic E-state index is 0.00612. The first-order chi connectivity index (χ1) is 21.2. The monoisotopic (exact) mass is 647 g/mol. The third-order valence-corrected chi connectivity index (χ3v) is 11.9. The summed E-state index contributed by atoms with van der Waals surface area (Å²) >= 11 is 0. The molecule has 3 saturated carbocycles. The average Bonchev–Trinajstić information content (AvgIpc) is 2.94. The van der Waals surface area contributed by atoms with Gasteiger partial charge in [0.2, 0.25) is 5.79 Å². The van der Waals surface area contributed by atoms with Crippen molar-refractivity contribution in [2.75, 3.05) is 19.7 Å². The van der Waals surface area contributed by atoms with Crippen molar-refractivity contribution in [3.8, 4) is 0 Å². The first kappa shape index (κ1) is 34.8. The number of piperidine rings is 1. The van der Waals surface area contributed by atoms with Crippen molar-refractivity contribution >= 4 is 23.8 Å². The summed E-state index contributed by atoms with van der Waals surface area (Å²) in [5.74, 6) is -6.03. The van der Waals surface area contributed by atoms with Crippen molar-refractivity contribution in [2.45, 2.75) is 124 Å². The molecular weight excluding hydrogens is 594 g/mol. The number of carbonyl (C=O) groups is 4. The van der Waals surface area contributed by atoms with E-state index in [4.69, 9.17) is 18.9 Å². The van der Waals surface area contributed by atoms with Crippen molar-refractivity contribution in [2.24, 2.45) is 39.9 Å². The van der Waals surface area contributed by atoms with Crippen LogP contribution in [-0.4, -0.2) is 88.3 Å². The van der Waals surface area contributed by atoms with Gasteiger partial charge in [0.25, 0.3) is 0 Å². The van der Waals surface area contributed by atoms with Gasteiger partial charge in [0.15, 0.2) is 0 Å². The number of aliphatic hydroxyl groups excluding tert-OH is 1. The summed E-state index contributed by atoms with van der Waals surface area (Å²) in [6, 6.07) is 0. The predicted molar refractivity (Wildman–Crippen MR) is 166 cm³/mol. The Morgan fingerprint density at radius 2 is 1.59 bits per heavy atom. The minimum Gasteiger partial charge on any atom is -0.462 e. The van der Waals surface area contributed by atoms with E-state index < -0.39 is 93.4 Å². The molecule has 3 aliphatic carbocycles. The van der Waals surface area contributed by atoms with Gasteiger partial charge >= 0.3 is 18.0 Å². The molecule has 11 heteroatoms. The minimum atomic E-state index is -2.36. The second-order valence-electron chi connectivity index (χ2n) is 16.3. The Labute approximate surface area is 272 Å². The number of fused-ring (bicyclic) bond motifs is 1. The first-order valence-corrected chi connectivity index (χ1v) is 16.8. The zero-order valence-corrected chi connectivity index (χ0v) is 28.7. The fourth-order valence-electron chi connectivity index (χ4n) is 10.2. The van der Waals surface area contributed by atoms with Gasteiger partial charge in [-0.3, -0.25) is 14.4 Å². The highest BCUT2D eigenvalue weighted by Gasteiger charge is 2.85. The van der Waals surface area contributed by atoms with Crippen molar-refractivity contribution < 1.29 is 48.3 Å². The zero-order valence-electron chi connectivity index (χ0n) is 28.7. The van der Waals surface area contributed by atoms with E-state index in [-0.39, 0.29) is 6.61 Å². The average molecular weight is 648 g/mol. The van der Waals surface area contributed by atoms with Crippen LogP contribution in [0.3, 0.4) is 0 Å². The Hall–Kier alpha value is -2.50. The molecule has 9 atom stereocenters. The van der Waals surface area contributed by atoms with Gasteiger partial charge < -0.3 is 34.1 Å². The molecule has 2 N–H and O–H groups in total. The largest absolute Gasteiger partial charge is 0.462 e. The van der Waals surface area contributed by atoms with Gasteiger partial charge in [0.1, 0.15) is 35.1 Å². The van der Waals surface area contributed by atoms with E-state index in [0.29, 0.717) is 57.2 Å². The molecule has 0 unspecified atom stereocenters. The first-order valence-electron chi connectivity index (χ1n) is 16.8. The molecular formula is C35H53NO10. The number of likely N-dealkylation sites (tertiary alicyclic amines) is 1. The lowest BCUT2D eigenvalue weighted by Crippen LogP contribution is -2.87. The molecule has 1 amide bonds. The number of hydrogen-bond acceptors (Lipinski definition) is 10. The van der Waals surface area contributed by atoms with E-state index in [2.05, 4.69) is 6.58 Å². The normalized spacial score (nSPS) is 40.3. The number of ketones is 1. The highest BCUT2D eigenvalue weighted by Crippen LogP contribution is 2.75. The number of Topliss-reactive ketones (excluding diaryl/α,β-unsaturated/α-hetero) is 1. The van der Waals surface area contributed by atoms with Gasteiger partial charge in [-0.2, -0.15) is 0 Å². The van der Waals surface area contributed by atoms with Gasteiger partial charge in [-0.15, -0.1) is 0 Å². The summed E-state index contributed by atoms with van der Waals surface area (Å²) in [6.45, 7) is 18.8. The summed E-state index contributed by atoms with van der Waals surface area (Å²) in [5, 5.41) is 24.8. The van der Waals surface area contributed by atoms with Crippen molar-refractivity contribution in [1.82, 2.24) is 4.90 Å². The third-order valence-electron chi connectivity index (χ3n) is 11.9. The summed E-state index contributed by atoms with van der Waals surface area (Å²) in [6.07, 6.45) is -0.984. The van der Waals surface area contributed by atoms with E-state index >= 15 is 0 Å². The van der Waals surface area contributed by atoms with E-state index in [9.17, 15) is 29.4 Å². The lowest BCUT2D eigenvalue weighted by atomic mass is 9.34. The van der Waals surface area contributed by atoms with E-state index in [1.807, 2.05) is 20.8 Å². The fraction of sp³-hybridized carbons (Fsp3) is 0.829. The third kappa shape index (κ3) is 5.10. The molecule has 0 aromatic carbocycles. The number of esters is 2. The van der Waals surface area contributed by atoms with Crippen molar-refractivity contribution in [1.29, 1.82) is 0 Å². The number of carbonyl (C=O) groups excluding carboxylic acids is 4. The van der Waals surface area contributed by atoms with E-state index in [1.54, 1.807) is 25.7 Å². The Bertz CT molecular complexity index is 1280. The Kier molecular flexibility index (Phi) is 8.77. The number of ether oxygens (including phenoxy) is 4. The standard InChI is InChI=1S/C35H53NO10/c1-19(2)23-10-11-24-33-18-43-35(42,27(39)26(33)32(8,9)15-12-25(33)44-21(4)38)34(24,20(3)37)28(23)45-29(40)22-13-16-36(17-14-22)30(41)46-31(5,6)7/h22-28,39,42H,1,10-18H2,2-9H3/t23-,24-,25-,26+,27-,28+,33+,34+,35-/m0/s1. The molecule has 11 nitrogen and oxygen atoms in total.